The van der Waals surface area contributed by atoms with Gasteiger partial charge in [0, 0.05) is 28.0 Å². The van der Waals surface area contributed by atoms with Crippen molar-refractivity contribution in [3.05, 3.63) is 89.0 Å². The number of rotatable bonds is 5. The summed E-state index contributed by atoms with van der Waals surface area (Å²) in [7, 11) is 0. The number of fused-ring (bicyclic) bond motifs is 7. The molecule has 0 aromatic heterocycles. The number of hydrogen-bond acceptors (Lipinski definition) is 7. The van der Waals surface area contributed by atoms with Gasteiger partial charge in [-0.3, -0.25) is 9.59 Å². The van der Waals surface area contributed by atoms with Crippen molar-refractivity contribution in [2.45, 2.75) is 69.3 Å². The number of aliphatic hydroxyl groups excluding tert-OH is 2. The van der Waals surface area contributed by atoms with Crippen molar-refractivity contribution in [1.29, 1.82) is 0 Å². The lowest BCUT2D eigenvalue weighted by Crippen LogP contribution is -2.69. The summed E-state index contributed by atoms with van der Waals surface area (Å²) in [6.45, 7) is 2.90. The quantitative estimate of drug-likeness (QED) is 0.322. The van der Waals surface area contributed by atoms with Crippen LogP contribution in [-0.4, -0.2) is 51.9 Å². The Morgan fingerprint density at radius 3 is 2.59 bits per heavy atom. The molecule has 4 aliphatic carbocycles. The molecule has 7 rings (SSSR count). The predicted octanol–water partition coefficient (Wildman–Crippen LogP) is 5.13. The number of ether oxygens (including phenoxy) is 2. The maximum atomic E-state index is 17.5. The first-order chi connectivity index (χ1) is 21.0. The molecular weight excluding hydrogens is 561 g/mol. The fraction of sp³-hybridized carbons (Fsp3) is 0.444. The van der Waals surface area contributed by atoms with Gasteiger partial charge in [-0.25, -0.2) is 4.39 Å². The van der Waals surface area contributed by atoms with Gasteiger partial charge in [0.2, 0.25) is 0 Å². The Morgan fingerprint density at radius 2 is 1.86 bits per heavy atom. The number of nitrogens with two attached hydrogens (primary N) is 1. The van der Waals surface area contributed by atoms with E-state index in [0.717, 1.165) is 16.7 Å². The minimum atomic E-state index is -2.03. The number of Topliss-reactive ketones (excluding diaryl/α,β-unsaturated/α-hetero) is 1. The third kappa shape index (κ3) is 3.87. The summed E-state index contributed by atoms with van der Waals surface area (Å²) < 4.78 is 30.6. The zero-order valence-corrected chi connectivity index (χ0v) is 24.9. The van der Waals surface area contributed by atoms with E-state index in [1.54, 1.807) is 13.0 Å². The van der Waals surface area contributed by atoms with Crippen LogP contribution in [0.4, 0.5) is 10.1 Å². The Morgan fingerprint density at radius 1 is 1.11 bits per heavy atom. The number of hydrogen-bond donors (Lipinski definition) is 3. The van der Waals surface area contributed by atoms with Crippen molar-refractivity contribution < 1.29 is 33.7 Å². The van der Waals surface area contributed by atoms with Gasteiger partial charge in [0.15, 0.2) is 29.1 Å². The lowest BCUT2D eigenvalue weighted by molar-refractivity contribution is -0.231. The molecule has 0 radical (unpaired) electrons. The highest BCUT2D eigenvalue weighted by molar-refractivity contribution is 6.01. The summed E-state index contributed by atoms with van der Waals surface area (Å²) in [5.74, 6) is -1.62. The molecular formula is C36H38FNO6. The molecule has 9 atom stereocenters. The maximum Gasteiger partial charge on any atom is 0.193 e. The Hall–Kier alpha value is -3.43. The van der Waals surface area contributed by atoms with Crippen LogP contribution in [0.3, 0.4) is 0 Å². The van der Waals surface area contributed by atoms with Gasteiger partial charge in [0.05, 0.1) is 12.2 Å². The van der Waals surface area contributed by atoms with Gasteiger partial charge < -0.3 is 25.4 Å². The second kappa shape index (κ2) is 10.0. The summed E-state index contributed by atoms with van der Waals surface area (Å²) in [5, 5.41) is 21.9. The maximum absolute atomic E-state index is 17.5. The van der Waals surface area contributed by atoms with Crippen LogP contribution < -0.4 is 5.73 Å². The predicted molar refractivity (Wildman–Crippen MR) is 163 cm³/mol. The molecule has 2 aromatic rings. The van der Waals surface area contributed by atoms with Gasteiger partial charge in [-0.2, -0.15) is 0 Å². The Kier molecular flexibility index (Phi) is 6.68. The van der Waals surface area contributed by atoms with Crippen molar-refractivity contribution >= 4 is 29.4 Å². The summed E-state index contributed by atoms with van der Waals surface area (Å²) in [6.07, 6.45) is 6.74. The lowest BCUT2D eigenvalue weighted by atomic mass is 9.44. The number of carbonyl (C=O) groups is 2. The van der Waals surface area contributed by atoms with Crippen LogP contribution in [0.5, 0.6) is 0 Å². The minimum absolute atomic E-state index is 0.0403. The second-order valence-corrected chi connectivity index (χ2v) is 13.6. The van der Waals surface area contributed by atoms with Crippen LogP contribution >= 0.6 is 0 Å². The van der Waals surface area contributed by atoms with Crippen LogP contribution in [0.25, 0.3) is 12.2 Å². The third-order valence-electron chi connectivity index (χ3n) is 11.5. The number of benzene rings is 2. The number of carbonyl (C=O) groups excluding carboxylic acids is 2. The molecule has 0 unspecified atom stereocenters. The summed E-state index contributed by atoms with van der Waals surface area (Å²) in [6, 6.07) is 15.2. The molecule has 8 heteroatoms. The molecule has 7 nitrogen and oxygen atoms in total. The number of allylic oxidation sites excluding steroid dienone is 4. The Bertz CT molecular complexity index is 1620. The standard InChI is InChI=1S/C36H38FNO6/c1-33-15-14-26(40)17-24(33)12-13-27-28-18-31-36(30(42)20-39,34(28,2)19-29(41)35(27,33)37)44-32(43-31)23-10-8-21(9-11-23)6-7-22-4-3-5-25(38)16-22/h3-11,14-17,27-29,31-32,39,41H,12-13,18-20,38H2,1-2H3/b7-6+/t27-,28-,29-,31+,32-,33-,34-,35-,36+/m0/s1. The molecule has 0 amide bonds. The van der Waals surface area contributed by atoms with E-state index >= 15 is 4.39 Å². The first-order valence-electron chi connectivity index (χ1n) is 15.4. The molecule has 5 aliphatic rings. The number of halogens is 1. The first kappa shape index (κ1) is 29.3. The van der Waals surface area contributed by atoms with E-state index in [2.05, 4.69) is 0 Å². The summed E-state index contributed by atoms with van der Waals surface area (Å²) in [5.41, 5.74) is 4.23. The molecule has 0 spiro atoms. The molecule has 1 aliphatic heterocycles. The topological polar surface area (TPSA) is 119 Å². The normalized spacial score (nSPS) is 40.7. The smallest absolute Gasteiger partial charge is 0.193 e. The van der Waals surface area contributed by atoms with Crippen molar-refractivity contribution in [2.75, 3.05) is 12.3 Å². The monoisotopic (exact) mass is 599 g/mol. The van der Waals surface area contributed by atoms with Gasteiger partial charge in [0.1, 0.15) is 6.61 Å². The van der Waals surface area contributed by atoms with Crippen LogP contribution in [-0.2, 0) is 19.1 Å². The molecule has 2 aromatic carbocycles. The minimum Gasteiger partial charge on any atom is -0.399 e. The number of anilines is 1. The number of nitrogen functional groups attached to an aromatic ring is 1. The molecule has 44 heavy (non-hydrogen) atoms. The van der Waals surface area contributed by atoms with Gasteiger partial charge in [-0.05, 0) is 73.9 Å². The lowest BCUT2D eigenvalue weighted by Gasteiger charge is -2.62. The average Bonchev–Trinajstić information content (AvgIpc) is 3.50. The number of aliphatic hydroxyl groups is 2. The number of alkyl halides is 1. The number of ketones is 2. The molecule has 230 valence electrons. The SMILES string of the molecule is C[C@]12C=CC(=O)C=C1CC[C@H]1[C@@H]3C[C@H]4O[C@H](c5ccc(/C=C/c6cccc(N)c6)cc5)O[C@@]4(C(=O)CO)[C@@]3(C)C[C@H](O)[C@@]12F. The second-order valence-electron chi connectivity index (χ2n) is 13.6. The molecule has 3 saturated carbocycles. The highest BCUT2D eigenvalue weighted by Crippen LogP contribution is 2.72. The summed E-state index contributed by atoms with van der Waals surface area (Å²) in [4.78, 5) is 25.9. The van der Waals surface area contributed by atoms with E-state index < -0.39 is 58.9 Å². The Labute approximate surface area is 256 Å². The fourth-order valence-electron chi connectivity index (χ4n) is 9.34. The molecule has 0 bridgehead atoms. The first-order valence-corrected chi connectivity index (χ1v) is 15.4. The highest BCUT2D eigenvalue weighted by Gasteiger charge is 2.79. The van der Waals surface area contributed by atoms with E-state index in [0.29, 0.717) is 30.5 Å². The van der Waals surface area contributed by atoms with Crippen molar-refractivity contribution in [1.82, 2.24) is 0 Å². The van der Waals surface area contributed by atoms with Gasteiger partial charge in [-0.1, -0.05) is 67.1 Å². The zero-order valence-electron chi connectivity index (χ0n) is 24.9. The van der Waals surface area contributed by atoms with Crippen LogP contribution in [0.15, 0.2) is 72.3 Å². The van der Waals surface area contributed by atoms with E-state index in [1.807, 2.05) is 67.6 Å². The molecule has 4 N–H and O–H groups in total. The molecule has 1 saturated heterocycles. The van der Waals surface area contributed by atoms with E-state index in [4.69, 9.17) is 15.2 Å². The van der Waals surface area contributed by atoms with Gasteiger partial charge in [-0.15, -0.1) is 0 Å². The largest absolute Gasteiger partial charge is 0.399 e. The molecule has 4 fully saturated rings. The van der Waals surface area contributed by atoms with Gasteiger partial charge >= 0.3 is 0 Å². The Balaban J connectivity index is 1.19. The van der Waals surface area contributed by atoms with Crippen molar-refractivity contribution in [3.8, 4) is 0 Å². The van der Waals surface area contributed by atoms with Crippen molar-refractivity contribution in [3.63, 3.8) is 0 Å². The van der Waals surface area contributed by atoms with Crippen LogP contribution in [0, 0.1) is 22.7 Å². The van der Waals surface area contributed by atoms with E-state index in [1.165, 1.54) is 12.2 Å². The van der Waals surface area contributed by atoms with E-state index in [-0.39, 0.29) is 18.1 Å². The average molecular weight is 600 g/mol. The zero-order chi connectivity index (χ0) is 31.1. The third-order valence-corrected chi connectivity index (χ3v) is 11.5. The fourth-order valence-corrected chi connectivity index (χ4v) is 9.34. The highest BCUT2D eigenvalue weighted by atomic mass is 19.1. The van der Waals surface area contributed by atoms with E-state index in [9.17, 15) is 19.8 Å². The summed E-state index contributed by atoms with van der Waals surface area (Å²) >= 11 is 0. The van der Waals surface area contributed by atoms with Gasteiger partial charge in [0.25, 0.3) is 0 Å². The van der Waals surface area contributed by atoms with Crippen molar-refractivity contribution in [2.24, 2.45) is 22.7 Å². The van der Waals surface area contributed by atoms with Crippen LogP contribution in [0.2, 0.25) is 0 Å². The molecule has 1 heterocycles. The van der Waals surface area contributed by atoms with Crippen LogP contribution in [0.1, 0.15) is 62.5 Å².